The van der Waals surface area contributed by atoms with Crippen molar-refractivity contribution in [3.8, 4) is 0 Å². The third-order valence-electron chi connectivity index (χ3n) is 3.51. The minimum absolute atomic E-state index is 0.321. The Kier molecular flexibility index (Phi) is 8.46. The monoisotopic (exact) mass is 280 g/mol. The van der Waals surface area contributed by atoms with E-state index in [1.807, 2.05) is 7.05 Å². The lowest BCUT2D eigenvalue weighted by Gasteiger charge is -2.36. The SMILES string of the molecule is CNCC(c1ccccc1)N(CCOC)C(C)COC. The number of benzene rings is 1. The Bertz CT molecular complexity index is 346. The van der Waals surface area contributed by atoms with Crippen LogP contribution in [0.25, 0.3) is 0 Å². The van der Waals surface area contributed by atoms with Gasteiger partial charge in [0.25, 0.3) is 0 Å². The van der Waals surface area contributed by atoms with Crippen LogP contribution >= 0.6 is 0 Å². The van der Waals surface area contributed by atoms with Crippen molar-refractivity contribution in [2.45, 2.75) is 19.0 Å². The molecule has 0 bridgehead atoms. The third-order valence-corrected chi connectivity index (χ3v) is 3.51. The van der Waals surface area contributed by atoms with E-state index in [9.17, 15) is 0 Å². The molecule has 2 atom stereocenters. The molecule has 0 saturated carbocycles. The standard InChI is InChI=1S/C16H28N2O2/c1-14(13-20-4)18(10-11-19-3)16(12-17-2)15-8-6-5-7-9-15/h5-9,14,16-17H,10-13H2,1-4H3. The number of methoxy groups -OCH3 is 2. The lowest BCUT2D eigenvalue weighted by atomic mass is 10.0. The van der Waals surface area contributed by atoms with Crippen LogP contribution < -0.4 is 5.32 Å². The van der Waals surface area contributed by atoms with E-state index >= 15 is 0 Å². The highest BCUT2D eigenvalue weighted by Gasteiger charge is 2.24. The zero-order valence-corrected chi connectivity index (χ0v) is 13.1. The predicted octanol–water partition coefficient (Wildman–Crippen LogP) is 1.93. The summed E-state index contributed by atoms with van der Waals surface area (Å²) in [6.45, 7) is 5.44. The zero-order chi connectivity index (χ0) is 14.8. The molecule has 1 N–H and O–H groups in total. The van der Waals surface area contributed by atoms with E-state index in [2.05, 4.69) is 47.5 Å². The summed E-state index contributed by atoms with van der Waals surface area (Å²) in [5.41, 5.74) is 1.32. The highest BCUT2D eigenvalue weighted by molar-refractivity contribution is 5.19. The number of hydrogen-bond acceptors (Lipinski definition) is 4. The molecule has 0 heterocycles. The first-order chi connectivity index (χ1) is 9.74. The molecular weight excluding hydrogens is 252 g/mol. The molecule has 4 nitrogen and oxygen atoms in total. The molecule has 0 aliphatic heterocycles. The van der Waals surface area contributed by atoms with Gasteiger partial charge in [-0.2, -0.15) is 0 Å². The molecule has 0 radical (unpaired) electrons. The average molecular weight is 280 g/mol. The summed E-state index contributed by atoms with van der Waals surface area (Å²) in [6, 6.07) is 11.3. The quantitative estimate of drug-likeness (QED) is 0.710. The Morgan fingerprint density at radius 2 is 1.85 bits per heavy atom. The Balaban J connectivity index is 2.91. The number of likely N-dealkylation sites (N-methyl/N-ethyl adjacent to an activating group) is 1. The van der Waals surface area contributed by atoms with Crippen LogP contribution in [0.15, 0.2) is 30.3 Å². The van der Waals surface area contributed by atoms with Crippen molar-refractivity contribution in [2.24, 2.45) is 0 Å². The van der Waals surface area contributed by atoms with Crippen molar-refractivity contribution in [3.05, 3.63) is 35.9 Å². The van der Waals surface area contributed by atoms with Gasteiger partial charge in [-0.15, -0.1) is 0 Å². The lowest BCUT2D eigenvalue weighted by molar-refractivity contribution is 0.0467. The van der Waals surface area contributed by atoms with E-state index in [1.54, 1.807) is 14.2 Å². The van der Waals surface area contributed by atoms with Crippen LogP contribution in [0.5, 0.6) is 0 Å². The summed E-state index contributed by atoms with van der Waals surface area (Å²) >= 11 is 0. The van der Waals surface area contributed by atoms with Crippen LogP contribution in [0.1, 0.15) is 18.5 Å². The topological polar surface area (TPSA) is 33.7 Å². The first kappa shape index (κ1) is 17.1. The molecule has 2 unspecified atom stereocenters. The molecule has 0 aromatic heterocycles. The van der Waals surface area contributed by atoms with Crippen molar-refractivity contribution in [1.29, 1.82) is 0 Å². The Hall–Kier alpha value is -0.940. The summed E-state index contributed by atoms with van der Waals surface area (Å²) < 4.78 is 10.6. The molecule has 1 aromatic rings. The van der Waals surface area contributed by atoms with Gasteiger partial charge in [-0.25, -0.2) is 0 Å². The fourth-order valence-corrected chi connectivity index (χ4v) is 2.51. The van der Waals surface area contributed by atoms with E-state index in [0.717, 1.165) is 26.3 Å². The number of nitrogens with zero attached hydrogens (tertiary/aromatic N) is 1. The second-order valence-corrected chi connectivity index (χ2v) is 5.02. The van der Waals surface area contributed by atoms with E-state index in [1.165, 1.54) is 5.56 Å². The largest absolute Gasteiger partial charge is 0.383 e. The summed E-state index contributed by atoms with van der Waals surface area (Å²) in [5.74, 6) is 0. The van der Waals surface area contributed by atoms with Crippen LogP contribution in [-0.4, -0.2) is 58.5 Å². The van der Waals surface area contributed by atoms with Gasteiger partial charge >= 0.3 is 0 Å². The molecular formula is C16H28N2O2. The molecule has 4 heteroatoms. The van der Waals surface area contributed by atoms with Crippen LogP contribution in [-0.2, 0) is 9.47 Å². The predicted molar refractivity (Wildman–Crippen MR) is 83.0 cm³/mol. The average Bonchev–Trinajstić information content (AvgIpc) is 2.47. The van der Waals surface area contributed by atoms with Gasteiger partial charge in [0.15, 0.2) is 0 Å². The second-order valence-electron chi connectivity index (χ2n) is 5.02. The van der Waals surface area contributed by atoms with Gasteiger partial charge in [0.2, 0.25) is 0 Å². The normalized spacial score (nSPS) is 14.4. The van der Waals surface area contributed by atoms with Crippen molar-refractivity contribution in [3.63, 3.8) is 0 Å². The molecule has 1 aromatic carbocycles. The maximum atomic E-state index is 5.33. The summed E-state index contributed by atoms with van der Waals surface area (Å²) in [5, 5.41) is 3.30. The first-order valence-corrected chi connectivity index (χ1v) is 7.17. The lowest BCUT2D eigenvalue weighted by Crippen LogP contribution is -2.44. The van der Waals surface area contributed by atoms with Gasteiger partial charge in [0.1, 0.15) is 0 Å². The van der Waals surface area contributed by atoms with Gasteiger partial charge < -0.3 is 14.8 Å². The molecule has 0 aliphatic rings. The number of ether oxygens (including phenoxy) is 2. The number of rotatable bonds is 10. The maximum absolute atomic E-state index is 5.33. The Morgan fingerprint density at radius 1 is 1.15 bits per heavy atom. The van der Waals surface area contributed by atoms with Crippen molar-refractivity contribution >= 4 is 0 Å². The molecule has 0 fully saturated rings. The number of nitrogens with one attached hydrogen (secondary N) is 1. The fourth-order valence-electron chi connectivity index (χ4n) is 2.51. The van der Waals surface area contributed by atoms with Crippen LogP contribution in [0, 0.1) is 0 Å². The van der Waals surface area contributed by atoms with Gasteiger partial charge in [-0.05, 0) is 19.5 Å². The first-order valence-electron chi connectivity index (χ1n) is 7.17. The molecule has 0 spiro atoms. The summed E-state index contributed by atoms with van der Waals surface area (Å²) in [6.07, 6.45) is 0. The molecule has 20 heavy (non-hydrogen) atoms. The van der Waals surface area contributed by atoms with Crippen molar-refractivity contribution < 1.29 is 9.47 Å². The highest BCUT2D eigenvalue weighted by atomic mass is 16.5. The van der Waals surface area contributed by atoms with Gasteiger partial charge in [0.05, 0.1) is 13.2 Å². The van der Waals surface area contributed by atoms with Gasteiger partial charge in [-0.3, -0.25) is 4.90 Å². The molecule has 114 valence electrons. The van der Waals surface area contributed by atoms with Crippen molar-refractivity contribution in [2.75, 3.05) is 47.6 Å². The molecule has 1 rings (SSSR count). The fraction of sp³-hybridized carbons (Fsp3) is 0.625. The minimum Gasteiger partial charge on any atom is -0.383 e. The van der Waals surface area contributed by atoms with Crippen LogP contribution in [0.3, 0.4) is 0 Å². The van der Waals surface area contributed by atoms with E-state index in [0.29, 0.717) is 12.1 Å². The number of hydrogen-bond donors (Lipinski definition) is 1. The molecule has 0 aliphatic carbocycles. The summed E-state index contributed by atoms with van der Waals surface area (Å²) in [7, 11) is 5.49. The van der Waals surface area contributed by atoms with Gasteiger partial charge in [0, 0.05) is 39.4 Å². The van der Waals surface area contributed by atoms with Crippen LogP contribution in [0.4, 0.5) is 0 Å². The van der Waals surface area contributed by atoms with E-state index < -0.39 is 0 Å². The Morgan fingerprint density at radius 3 is 2.40 bits per heavy atom. The second kappa shape index (κ2) is 9.88. The zero-order valence-electron chi connectivity index (χ0n) is 13.1. The minimum atomic E-state index is 0.321. The molecule has 0 amide bonds. The van der Waals surface area contributed by atoms with Crippen LogP contribution in [0.2, 0.25) is 0 Å². The van der Waals surface area contributed by atoms with E-state index in [4.69, 9.17) is 9.47 Å². The van der Waals surface area contributed by atoms with Crippen molar-refractivity contribution in [1.82, 2.24) is 10.2 Å². The molecule has 0 saturated heterocycles. The smallest absolute Gasteiger partial charge is 0.0615 e. The van der Waals surface area contributed by atoms with E-state index in [-0.39, 0.29) is 0 Å². The third kappa shape index (κ3) is 5.21. The maximum Gasteiger partial charge on any atom is 0.0615 e. The summed E-state index contributed by atoms with van der Waals surface area (Å²) in [4.78, 5) is 2.44. The van der Waals surface area contributed by atoms with Gasteiger partial charge in [-0.1, -0.05) is 30.3 Å². The Labute approximate surface area is 123 Å². The highest BCUT2D eigenvalue weighted by Crippen LogP contribution is 2.22.